The zero-order valence-electron chi connectivity index (χ0n) is 13.6. The van der Waals surface area contributed by atoms with Gasteiger partial charge in [-0.2, -0.15) is 4.99 Å². The number of hydrogen-bond acceptors (Lipinski definition) is 4. The van der Waals surface area contributed by atoms with E-state index in [0.717, 1.165) is 37.2 Å². The van der Waals surface area contributed by atoms with Gasteiger partial charge in [-0.15, -0.1) is 0 Å². The molecule has 0 N–H and O–H groups in total. The molecule has 6 heteroatoms. The van der Waals surface area contributed by atoms with E-state index in [0.29, 0.717) is 5.56 Å². The van der Waals surface area contributed by atoms with Crippen molar-refractivity contribution in [1.82, 2.24) is 9.88 Å². The summed E-state index contributed by atoms with van der Waals surface area (Å²) in [7, 11) is 0. The van der Waals surface area contributed by atoms with E-state index in [2.05, 4.69) is 19.8 Å². The maximum Gasteiger partial charge on any atom is 0.279 e. The average molecular weight is 340 g/mol. The van der Waals surface area contributed by atoms with Gasteiger partial charge in [0.2, 0.25) is 0 Å². The van der Waals surface area contributed by atoms with Crippen molar-refractivity contribution >= 4 is 28.7 Å². The first-order valence-electron chi connectivity index (χ1n) is 7.91. The average Bonchev–Trinajstić information content (AvgIpc) is 2.67. The molecule has 124 valence electrons. The van der Waals surface area contributed by atoms with Crippen LogP contribution in [-0.2, 0) is 0 Å². The van der Waals surface area contributed by atoms with Gasteiger partial charge in [0.25, 0.3) is 5.91 Å². The van der Waals surface area contributed by atoms with Crippen LogP contribution in [0.15, 0.2) is 59.7 Å². The number of carbonyl (C=O) groups is 1. The zero-order valence-corrected chi connectivity index (χ0v) is 14.4. The van der Waals surface area contributed by atoms with Gasteiger partial charge >= 0.3 is 0 Å². The molecule has 0 saturated carbocycles. The van der Waals surface area contributed by atoms with Gasteiger partial charge in [-0.25, -0.2) is 4.98 Å². The van der Waals surface area contributed by atoms with E-state index in [1.54, 1.807) is 12.1 Å². The predicted octanol–water partition coefficient (Wildman–Crippen LogP) is 2.76. The van der Waals surface area contributed by atoms with Crippen molar-refractivity contribution in [3.63, 3.8) is 0 Å². The standard InChI is InChI=1S/C18H20N4OS/c1-24-18(20-17(23)15-7-3-2-4-8-15)22-13-11-21(12-14-22)16-9-5-6-10-19-16/h2-10H,11-14H2,1H3. The van der Waals surface area contributed by atoms with Gasteiger partial charge in [0.1, 0.15) is 5.82 Å². The smallest absolute Gasteiger partial charge is 0.279 e. The molecule has 1 amide bonds. The number of aromatic nitrogens is 1. The molecule has 1 aliphatic heterocycles. The van der Waals surface area contributed by atoms with Crippen LogP contribution < -0.4 is 4.90 Å². The Morgan fingerprint density at radius 2 is 1.75 bits per heavy atom. The number of pyridine rings is 1. The number of piperazine rings is 1. The third kappa shape index (κ3) is 3.94. The Labute approximate surface area is 146 Å². The summed E-state index contributed by atoms with van der Waals surface area (Å²) in [5.74, 6) is 0.812. The molecule has 0 aliphatic carbocycles. The van der Waals surface area contributed by atoms with E-state index in [4.69, 9.17) is 0 Å². The number of aliphatic imine (C=N–C) groups is 1. The van der Waals surface area contributed by atoms with Crippen LogP contribution in [0.25, 0.3) is 0 Å². The minimum absolute atomic E-state index is 0.188. The van der Waals surface area contributed by atoms with Gasteiger partial charge in [-0.1, -0.05) is 36.0 Å². The minimum atomic E-state index is -0.188. The number of carbonyl (C=O) groups excluding carboxylic acids is 1. The van der Waals surface area contributed by atoms with E-state index < -0.39 is 0 Å². The highest BCUT2D eigenvalue weighted by Crippen LogP contribution is 2.16. The lowest BCUT2D eigenvalue weighted by molar-refractivity contribution is 0.100. The number of benzene rings is 1. The molecule has 2 aromatic rings. The van der Waals surface area contributed by atoms with Crippen LogP contribution in [-0.4, -0.2) is 53.4 Å². The second kappa shape index (κ2) is 7.97. The van der Waals surface area contributed by atoms with Gasteiger partial charge in [0.15, 0.2) is 5.17 Å². The second-order valence-electron chi connectivity index (χ2n) is 5.43. The molecule has 0 atom stereocenters. The zero-order chi connectivity index (χ0) is 16.8. The molecule has 0 spiro atoms. The number of thioether (sulfide) groups is 1. The highest BCUT2D eigenvalue weighted by molar-refractivity contribution is 8.13. The molecule has 0 bridgehead atoms. The molecule has 24 heavy (non-hydrogen) atoms. The summed E-state index contributed by atoms with van der Waals surface area (Å²) in [5, 5.41) is 0.782. The maximum absolute atomic E-state index is 12.3. The minimum Gasteiger partial charge on any atom is -0.353 e. The molecule has 1 saturated heterocycles. The summed E-state index contributed by atoms with van der Waals surface area (Å²) in [6.45, 7) is 3.41. The molecule has 5 nitrogen and oxygen atoms in total. The Balaban J connectivity index is 1.65. The quantitative estimate of drug-likeness (QED) is 0.621. The maximum atomic E-state index is 12.3. The topological polar surface area (TPSA) is 48.8 Å². The van der Waals surface area contributed by atoms with Crippen molar-refractivity contribution in [2.75, 3.05) is 37.3 Å². The lowest BCUT2D eigenvalue weighted by Gasteiger charge is -2.36. The largest absolute Gasteiger partial charge is 0.353 e. The summed E-state index contributed by atoms with van der Waals surface area (Å²) in [4.78, 5) is 25.4. The number of nitrogens with zero attached hydrogens (tertiary/aromatic N) is 4. The summed E-state index contributed by atoms with van der Waals surface area (Å²) in [6.07, 6.45) is 3.78. The Morgan fingerprint density at radius 1 is 1.04 bits per heavy atom. The molecular formula is C18H20N4OS. The Kier molecular flexibility index (Phi) is 5.48. The number of hydrogen-bond donors (Lipinski definition) is 0. The van der Waals surface area contributed by atoms with Crippen LogP contribution in [0.3, 0.4) is 0 Å². The van der Waals surface area contributed by atoms with Crippen molar-refractivity contribution in [2.45, 2.75) is 0 Å². The van der Waals surface area contributed by atoms with Gasteiger partial charge in [-0.3, -0.25) is 4.79 Å². The van der Waals surface area contributed by atoms with Crippen molar-refractivity contribution in [3.8, 4) is 0 Å². The lowest BCUT2D eigenvalue weighted by atomic mass is 10.2. The van der Waals surface area contributed by atoms with E-state index in [-0.39, 0.29) is 5.91 Å². The molecule has 2 heterocycles. The van der Waals surface area contributed by atoms with Crippen LogP contribution in [0.2, 0.25) is 0 Å². The number of amidine groups is 1. The first-order chi connectivity index (χ1) is 11.8. The van der Waals surface area contributed by atoms with E-state index in [1.807, 2.05) is 48.9 Å². The van der Waals surface area contributed by atoms with Crippen LogP contribution >= 0.6 is 11.8 Å². The molecule has 3 rings (SSSR count). The molecule has 1 fully saturated rings. The summed E-state index contributed by atoms with van der Waals surface area (Å²) < 4.78 is 0. The molecule has 1 aliphatic rings. The summed E-state index contributed by atoms with van der Waals surface area (Å²) in [5.41, 5.74) is 0.621. The number of amides is 1. The second-order valence-corrected chi connectivity index (χ2v) is 6.21. The predicted molar refractivity (Wildman–Crippen MR) is 99.7 cm³/mol. The van der Waals surface area contributed by atoms with E-state index in [9.17, 15) is 4.79 Å². The van der Waals surface area contributed by atoms with Crippen molar-refractivity contribution in [1.29, 1.82) is 0 Å². The molecule has 0 unspecified atom stereocenters. The van der Waals surface area contributed by atoms with Crippen molar-refractivity contribution in [2.24, 2.45) is 4.99 Å². The Bertz CT molecular complexity index is 697. The SMILES string of the molecule is CSC(=NC(=O)c1ccccc1)N1CCN(c2ccccn2)CC1. The van der Waals surface area contributed by atoms with Crippen LogP contribution in [0.5, 0.6) is 0 Å². The van der Waals surface area contributed by atoms with E-state index >= 15 is 0 Å². The molecular weight excluding hydrogens is 320 g/mol. The highest BCUT2D eigenvalue weighted by atomic mass is 32.2. The fraction of sp³-hybridized carbons (Fsp3) is 0.278. The fourth-order valence-electron chi connectivity index (χ4n) is 2.65. The van der Waals surface area contributed by atoms with Crippen LogP contribution in [0.4, 0.5) is 5.82 Å². The Morgan fingerprint density at radius 3 is 2.38 bits per heavy atom. The van der Waals surface area contributed by atoms with Crippen molar-refractivity contribution < 1.29 is 4.79 Å². The molecule has 1 aromatic heterocycles. The number of anilines is 1. The summed E-state index contributed by atoms with van der Waals surface area (Å²) >= 11 is 1.52. The molecule has 1 aromatic carbocycles. The van der Waals surface area contributed by atoms with Gasteiger partial charge in [-0.05, 0) is 30.5 Å². The number of rotatable bonds is 2. The van der Waals surface area contributed by atoms with Crippen LogP contribution in [0, 0.1) is 0 Å². The van der Waals surface area contributed by atoms with E-state index in [1.165, 1.54) is 11.8 Å². The third-order valence-electron chi connectivity index (χ3n) is 3.92. The van der Waals surface area contributed by atoms with Gasteiger partial charge in [0.05, 0.1) is 0 Å². The summed E-state index contributed by atoms with van der Waals surface area (Å²) in [6, 6.07) is 15.1. The van der Waals surface area contributed by atoms with Crippen molar-refractivity contribution in [3.05, 3.63) is 60.3 Å². The third-order valence-corrected chi connectivity index (χ3v) is 4.64. The van der Waals surface area contributed by atoms with Gasteiger partial charge < -0.3 is 9.80 Å². The van der Waals surface area contributed by atoms with Crippen LogP contribution in [0.1, 0.15) is 10.4 Å². The lowest BCUT2D eigenvalue weighted by Crippen LogP contribution is -2.48. The fourth-order valence-corrected chi connectivity index (χ4v) is 3.26. The normalized spacial score (nSPS) is 15.5. The highest BCUT2D eigenvalue weighted by Gasteiger charge is 2.21. The Hall–Kier alpha value is -2.34. The van der Waals surface area contributed by atoms with Gasteiger partial charge in [0, 0.05) is 37.9 Å². The monoisotopic (exact) mass is 340 g/mol. The first-order valence-corrected chi connectivity index (χ1v) is 9.13. The molecule has 0 radical (unpaired) electrons. The first kappa shape index (κ1) is 16.5.